The van der Waals surface area contributed by atoms with Gasteiger partial charge in [0.2, 0.25) is 0 Å². The van der Waals surface area contributed by atoms with Crippen LogP contribution >= 0.6 is 0 Å². The summed E-state index contributed by atoms with van der Waals surface area (Å²) in [7, 11) is 0. The molecular weight excluding hydrogens is 232 g/mol. The lowest BCUT2D eigenvalue weighted by atomic mass is 10.1. The molecule has 0 aromatic rings. The second-order valence-electron chi connectivity index (χ2n) is 5.11. The SMILES string of the molecule is CC(C)C(C)OC(=O)/C=C/C(=O)OC(C)C(C)C. The molecule has 0 radical (unpaired) electrons. The van der Waals surface area contributed by atoms with Crippen LogP contribution in [0.25, 0.3) is 0 Å². The topological polar surface area (TPSA) is 52.6 Å². The molecule has 0 amide bonds. The van der Waals surface area contributed by atoms with Crippen LogP contribution in [0.15, 0.2) is 12.2 Å². The molecule has 4 nitrogen and oxygen atoms in total. The van der Waals surface area contributed by atoms with Gasteiger partial charge in [-0.15, -0.1) is 0 Å². The zero-order valence-corrected chi connectivity index (χ0v) is 12.1. The first-order valence-electron chi connectivity index (χ1n) is 6.33. The number of rotatable bonds is 6. The van der Waals surface area contributed by atoms with Crippen LogP contribution in [0.2, 0.25) is 0 Å². The molecule has 0 bridgehead atoms. The summed E-state index contributed by atoms with van der Waals surface area (Å²) in [4.78, 5) is 22.7. The minimum Gasteiger partial charge on any atom is -0.459 e. The Labute approximate surface area is 109 Å². The molecule has 0 saturated heterocycles. The number of hydrogen-bond acceptors (Lipinski definition) is 4. The van der Waals surface area contributed by atoms with Crippen molar-refractivity contribution in [1.29, 1.82) is 0 Å². The van der Waals surface area contributed by atoms with Crippen LogP contribution in [0, 0.1) is 11.8 Å². The Kier molecular flexibility index (Phi) is 7.32. The third-order valence-electron chi connectivity index (χ3n) is 2.84. The van der Waals surface area contributed by atoms with Crippen LogP contribution in [0.1, 0.15) is 41.5 Å². The average molecular weight is 256 g/mol. The van der Waals surface area contributed by atoms with Crippen molar-refractivity contribution in [2.24, 2.45) is 11.8 Å². The summed E-state index contributed by atoms with van der Waals surface area (Å²) in [5, 5.41) is 0. The Bertz CT molecular complexity index is 275. The lowest BCUT2D eigenvalue weighted by molar-refractivity contribution is -0.146. The van der Waals surface area contributed by atoms with Gasteiger partial charge in [0.05, 0.1) is 0 Å². The number of hydrogen-bond donors (Lipinski definition) is 0. The highest BCUT2D eigenvalue weighted by atomic mass is 16.5. The summed E-state index contributed by atoms with van der Waals surface area (Å²) < 4.78 is 10.2. The first-order chi connectivity index (χ1) is 8.23. The Morgan fingerprint density at radius 2 is 1.00 bits per heavy atom. The molecule has 2 atom stereocenters. The van der Waals surface area contributed by atoms with E-state index in [2.05, 4.69) is 0 Å². The molecule has 0 heterocycles. The monoisotopic (exact) mass is 256 g/mol. The highest BCUT2D eigenvalue weighted by Crippen LogP contribution is 2.07. The molecule has 0 aromatic carbocycles. The number of carbonyl (C=O) groups excluding carboxylic acids is 2. The van der Waals surface area contributed by atoms with Gasteiger partial charge >= 0.3 is 11.9 Å². The van der Waals surface area contributed by atoms with Crippen LogP contribution in [0.4, 0.5) is 0 Å². The van der Waals surface area contributed by atoms with Gasteiger partial charge in [0.15, 0.2) is 0 Å². The van der Waals surface area contributed by atoms with Crippen molar-refractivity contribution in [2.75, 3.05) is 0 Å². The highest BCUT2D eigenvalue weighted by Gasteiger charge is 2.13. The van der Waals surface area contributed by atoms with Crippen LogP contribution in [-0.4, -0.2) is 24.1 Å². The normalized spacial score (nSPS) is 14.9. The van der Waals surface area contributed by atoms with Gasteiger partial charge in [-0.2, -0.15) is 0 Å². The molecular formula is C14H24O4. The first-order valence-corrected chi connectivity index (χ1v) is 6.33. The Morgan fingerprint density at radius 3 is 1.22 bits per heavy atom. The summed E-state index contributed by atoms with van der Waals surface area (Å²) in [6.45, 7) is 11.5. The van der Waals surface area contributed by atoms with E-state index in [1.807, 2.05) is 41.5 Å². The number of ether oxygens (including phenoxy) is 2. The van der Waals surface area contributed by atoms with Crippen molar-refractivity contribution in [1.82, 2.24) is 0 Å². The standard InChI is InChI=1S/C14H24O4/c1-9(2)11(5)17-13(15)7-8-14(16)18-12(6)10(3)4/h7-12H,1-6H3/b8-7+. The zero-order chi connectivity index (χ0) is 14.3. The molecule has 0 aliphatic heterocycles. The molecule has 4 heteroatoms. The molecule has 0 aliphatic rings. The zero-order valence-electron chi connectivity index (χ0n) is 12.1. The quantitative estimate of drug-likeness (QED) is 0.541. The van der Waals surface area contributed by atoms with E-state index in [-0.39, 0.29) is 24.0 Å². The van der Waals surface area contributed by atoms with E-state index in [4.69, 9.17) is 9.47 Å². The summed E-state index contributed by atoms with van der Waals surface area (Å²) in [6.07, 6.45) is 1.86. The fourth-order valence-electron chi connectivity index (χ4n) is 0.853. The van der Waals surface area contributed by atoms with E-state index in [1.165, 1.54) is 0 Å². The molecule has 0 spiro atoms. The third-order valence-corrected chi connectivity index (χ3v) is 2.84. The lowest BCUT2D eigenvalue weighted by Gasteiger charge is -2.16. The average Bonchev–Trinajstić information content (AvgIpc) is 2.25. The fraction of sp³-hybridized carbons (Fsp3) is 0.714. The minimum absolute atomic E-state index is 0.173. The van der Waals surface area contributed by atoms with Gasteiger partial charge < -0.3 is 9.47 Å². The van der Waals surface area contributed by atoms with Crippen LogP contribution < -0.4 is 0 Å². The van der Waals surface area contributed by atoms with Crippen molar-refractivity contribution in [3.05, 3.63) is 12.2 Å². The molecule has 0 fully saturated rings. The second kappa shape index (κ2) is 7.90. The van der Waals surface area contributed by atoms with Gasteiger partial charge in [-0.3, -0.25) is 0 Å². The Hall–Kier alpha value is -1.32. The molecule has 0 rings (SSSR count). The molecule has 0 saturated carbocycles. The van der Waals surface area contributed by atoms with Gasteiger partial charge in [-0.05, 0) is 25.7 Å². The molecule has 104 valence electrons. The van der Waals surface area contributed by atoms with E-state index in [9.17, 15) is 9.59 Å². The maximum absolute atomic E-state index is 11.4. The van der Waals surface area contributed by atoms with E-state index in [1.54, 1.807) is 0 Å². The van der Waals surface area contributed by atoms with Gasteiger partial charge in [0.25, 0.3) is 0 Å². The van der Waals surface area contributed by atoms with Crippen molar-refractivity contribution < 1.29 is 19.1 Å². The van der Waals surface area contributed by atoms with Crippen molar-refractivity contribution >= 4 is 11.9 Å². The number of esters is 2. The van der Waals surface area contributed by atoms with Gasteiger partial charge in [0.1, 0.15) is 12.2 Å². The first kappa shape index (κ1) is 16.7. The summed E-state index contributed by atoms with van der Waals surface area (Å²) >= 11 is 0. The summed E-state index contributed by atoms with van der Waals surface area (Å²) in [6, 6.07) is 0. The maximum Gasteiger partial charge on any atom is 0.331 e. The number of carbonyl (C=O) groups is 2. The largest absolute Gasteiger partial charge is 0.459 e. The molecule has 18 heavy (non-hydrogen) atoms. The molecule has 2 unspecified atom stereocenters. The fourth-order valence-corrected chi connectivity index (χ4v) is 0.853. The lowest BCUT2D eigenvalue weighted by Crippen LogP contribution is -2.20. The Balaban J connectivity index is 4.15. The third kappa shape index (κ3) is 7.09. The molecule has 0 N–H and O–H groups in total. The second-order valence-corrected chi connectivity index (χ2v) is 5.11. The van der Waals surface area contributed by atoms with Gasteiger partial charge in [-0.25, -0.2) is 9.59 Å². The smallest absolute Gasteiger partial charge is 0.331 e. The van der Waals surface area contributed by atoms with E-state index >= 15 is 0 Å². The predicted octanol–water partition coefficient (Wildman–Crippen LogP) is 2.72. The van der Waals surface area contributed by atoms with E-state index < -0.39 is 11.9 Å². The van der Waals surface area contributed by atoms with Crippen LogP contribution in [0.3, 0.4) is 0 Å². The van der Waals surface area contributed by atoms with Gasteiger partial charge in [0, 0.05) is 12.2 Å². The van der Waals surface area contributed by atoms with E-state index in [0.29, 0.717) is 0 Å². The summed E-state index contributed by atoms with van der Waals surface area (Å²) in [5.74, 6) is -0.554. The predicted molar refractivity (Wildman–Crippen MR) is 69.9 cm³/mol. The van der Waals surface area contributed by atoms with Gasteiger partial charge in [-0.1, -0.05) is 27.7 Å². The minimum atomic E-state index is -0.523. The molecule has 0 aliphatic carbocycles. The van der Waals surface area contributed by atoms with Crippen LogP contribution in [0.5, 0.6) is 0 Å². The van der Waals surface area contributed by atoms with E-state index in [0.717, 1.165) is 12.2 Å². The van der Waals surface area contributed by atoms with Crippen molar-refractivity contribution in [2.45, 2.75) is 53.8 Å². The van der Waals surface area contributed by atoms with Crippen molar-refractivity contribution in [3.8, 4) is 0 Å². The Morgan fingerprint density at radius 1 is 0.722 bits per heavy atom. The van der Waals surface area contributed by atoms with Crippen molar-refractivity contribution in [3.63, 3.8) is 0 Å². The van der Waals surface area contributed by atoms with Crippen LogP contribution in [-0.2, 0) is 19.1 Å². The highest BCUT2D eigenvalue weighted by molar-refractivity contribution is 5.91. The summed E-state index contributed by atoms with van der Waals surface area (Å²) in [5.41, 5.74) is 0. The maximum atomic E-state index is 11.4. The molecule has 0 aromatic heterocycles.